The molecule has 5 rings (SSSR count). The van der Waals surface area contributed by atoms with Crippen molar-refractivity contribution < 1.29 is 9.32 Å². The van der Waals surface area contributed by atoms with Gasteiger partial charge in [0.25, 0.3) is 5.89 Å². The fourth-order valence-electron chi connectivity index (χ4n) is 4.18. The first-order valence-corrected chi connectivity index (χ1v) is 11.8. The van der Waals surface area contributed by atoms with Gasteiger partial charge in [0, 0.05) is 16.3 Å². The number of carbonyl (C=O) groups is 1. The lowest BCUT2D eigenvalue weighted by Gasteiger charge is -2.35. The predicted molar refractivity (Wildman–Crippen MR) is 137 cm³/mol. The van der Waals surface area contributed by atoms with Gasteiger partial charge in [-0.2, -0.15) is 4.98 Å². The summed E-state index contributed by atoms with van der Waals surface area (Å²) < 4.78 is 5.76. The van der Waals surface area contributed by atoms with Gasteiger partial charge in [0.05, 0.1) is 18.2 Å². The van der Waals surface area contributed by atoms with Crippen LogP contribution in [0.15, 0.2) is 83.0 Å². The number of rotatable bonds is 5. The van der Waals surface area contributed by atoms with Crippen LogP contribution in [-0.4, -0.2) is 21.1 Å². The first-order valence-electron chi connectivity index (χ1n) is 11.4. The van der Waals surface area contributed by atoms with Crippen molar-refractivity contribution in [3.05, 3.63) is 112 Å². The van der Waals surface area contributed by atoms with Gasteiger partial charge in [-0.3, -0.25) is 4.90 Å². The van der Waals surface area contributed by atoms with Crippen LogP contribution in [0.4, 0.5) is 4.79 Å². The van der Waals surface area contributed by atoms with Crippen LogP contribution in [0.1, 0.15) is 41.1 Å². The molecule has 1 unspecified atom stereocenters. The number of benzene rings is 3. The average Bonchev–Trinajstić information content (AvgIpc) is 3.33. The summed E-state index contributed by atoms with van der Waals surface area (Å²) in [6.07, 6.45) is 0. The van der Waals surface area contributed by atoms with E-state index < -0.39 is 6.04 Å². The highest BCUT2D eigenvalue weighted by molar-refractivity contribution is 6.30. The molecular formula is C28H25ClN4O2. The summed E-state index contributed by atoms with van der Waals surface area (Å²) in [5.41, 5.74) is 6.60. The Morgan fingerprint density at radius 1 is 0.914 bits per heavy atom. The van der Waals surface area contributed by atoms with Crippen LogP contribution in [0.5, 0.6) is 0 Å². The fourth-order valence-corrected chi connectivity index (χ4v) is 4.31. The molecule has 2 amide bonds. The number of urea groups is 1. The molecule has 176 valence electrons. The van der Waals surface area contributed by atoms with Crippen LogP contribution in [-0.2, 0) is 6.54 Å². The zero-order valence-electron chi connectivity index (χ0n) is 19.7. The molecular weight excluding hydrogens is 460 g/mol. The molecule has 0 saturated heterocycles. The lowest BCUT2D eigenvalue weighted by molar-refractivity contribution is 0.203. The van der Waals surface area contributed by atoms with E-state index in [1.54, 1.807) is 17.0 Å². The van der Waals surface area contributed by atoms with E-state index in [0.717, 1.165) is 33.5 Å². The van der Waals surface area contributed by atoms with Gasteiger partial charge in [-0.15, -0.1) is 0 Å². The van der Waals surface area contributed by atoms with Crippen molar-refractivity contribution in [2.45, 2.75) is 33.4 Å². The molecule has 6 nitrogen and oxygen atoms in total. The highest BCUT2D eigenvalue weighted by Gasteiger charge is 2.35. The Morgan fingerprint density at radius 2 is 1.54 bits per heavy atom. The molecule has 3 aromatic carbocycles. The molecule has 0 aliphatic carbocycles. The van der Waals surface area contributed by atoms with Gasteiger partial charge in [0.15, 0.2) is 0 Å². The highest BCUT2D eigenvalue weighted by atomic mass is 35.5. The summed E-state index contributed by atoms with van der Waals surface area (Å²) in [7, 11) is 0. The van der Waals surface area contributed by atoms with E-state index >= 15 is 0 Å². The molecule has 1 N–H and O–H groups in total. The van der Waals surface area contributed by atoms with Crippen molar-refractivity contribution in [2.75, 3.05) is 0 Å². The van der Waals surface area contributed by atoms with E-state index in [9.17, 15) is 4.79 Å². The summed E-state index contributed by atoms with van der Waals surface area (Å²) in [6, 6.07) is 22.9. The third kappa shape index (κ3) is 4.70. The van der Waals surface area contributed by atoms with Gasteiger partial charge in [0.2, 0.25) is 5.82 Å². The number of hydrogen-bond donors (Lipinski definition) is 1. The molecule has 7 heteroatoms. The first kappa shape index (κ1) is 22.9. The Kier molecular flexibility index (Phi) is 6.14. The van der Waals surface area contributed by atoms with Crippen LogP contribution >= 0.6 is 11.6 Å². The van der Waals surface area contributed by atoms with Crippen molar-refractivity contribution in [1.82, 2.24) is 20.4 Å². The van der Waals surface area contributed by atoms with Crippen molar-refractivity contribution in [3.8, 4) is 11.4 Å². The molecule has 0 bridgehead atoms. The SMILES string of the molecule is CC1=C(c2nc(-c3ccc(C)cc3)no2)C(c2ccc(Cl)cc2)NC(=O)N1Cc1ccc(C)cc1. The summed E-state index contributed by atoms with van der Waals surface area (Å²) in [6.45, 7) is 6.41. The molecule has 0 radical (unpaired) electrons. The van der Waals surface area contributed by atoms with Gasteiger partial charge in [0.1, 0.15) is 0 Å². The van der Waals surface area contributed by atoms with Crippen LogP contribution in [0.2, 0.25) is 5.02 Å². The number of halogens is 1. The second-order valence-corrected chi connectivity index (χ2v) is 9.23. The van der Waals surface area contributed by atoms with E-state index in [2.05, 4.69) is 10.5 Å². The van der Waals surface area contributed by atoms with Crippen LogP contribution < -0.4 is 5.32 Å². The van der Waals surface area contributed by atoms with E-state index in [-0.39, 0.29) is 6.03 Å². The summed E-state index contributed by atoms with van der Waals surface area (Å²) in [4.78, 5) is 19.7. The van der Waals surface area contributed by atoms with Gasteiger partial charge in [-0.1, -0.05) is 88.5 Å². The fraction of sp³-hybridized carbons (Fsp3) is 0.179. The minimum absolute atomic E-state index is 0.190. The Morgan fingerprint density at radius 3 is 2.20 bits per heavy atom. The Labute approximate surface area is 209 Å². The minimum atomic E-state index is -0.458. The Balaban J connectivity index is 1.58. The van der Waals surface area contributed by atoms with Crippen molar-refractivity contribution in [3.63, 3.8) is 0 Å². The quantitative estimate of drug-likeness (QED) is 0.342. The largest absolute Gasteiger partial charge is 0.334 e. The van der Waals surface area contributed by atoms with Gasteiger partial charge in [-0.25, -0.2) is 4.79 Å². The second-order valence-electron chi connectivity index (χ2n) is 8.79. The molecule has 1 aromatic heterocycles. The summed E-state index contributed by atoms with van der Waals surface area (Å²) >= 11 is 6.12. The van der Waals surface area contributed by atoms with Crippen molar-refractivity contribution in [2.24, 2.45) is 0 Å². The number of amides is 2. The zero-order valence-corrected chi connectivity index (χ0v) is 20.5. The topological polar surface area (TPSA) is 71.3 Å². The highest BCUT2D eigenvalue weighted by Crippen LogP contribution is 2.38. The minimum Gasteiger partial charge on any atom is -0.334 e. The Hall–Kier alpha value is -3.90. The number of hydrogen-bond acceptors (Lipinski definition) is 4. The lowest BCUT2D eigenvalue weighted by atomic mass is 9.94. The molecule has 0 fully saturated rings. The molecule has 35 heavy (non-hydrogen) atoms. The number of aromatic nitrogens is 2. The second kappa shape index (κ2) is 9.39. The standard InChI is InChI=1S/C28H25ClN4O2/c1-17-4-8-20(9-5-17)16-33-19(3)24(25(30-28(33)34)21-12-14-23(29)15-13-21)27-31-26(32-35-27)22-10-6-18(2)7-11-22/h4-15,25H,16H2,1-3H3,(H,30,34). The molecule has 0 saturated carbocycles. The van der Waals surface area contributed by atoms with E-state index in [0.29, 0.717) is 23.3 Å². The Bertz CT molecular complexity index is 1390. The maximum Gasteiger partial charge on any atom is 0.322 e. The normalized spacial score (nSPS) is 15.9. The predicted octanol–water partition coefficient (Wildman–Crippen LogP) is 6.70. The van der Waals surface area contributed by atoms with Crippen LogP contribution in [0.25, 0.3) is 17.0 Å². The number of carbonyl (C=O) groups excluding carboxylic acids is 1. The number of nitrogens with one attached hydrogen (secondary N) is 1. The zero-order chi connectivity index (χ0) is 24.5. The van der Waals surface area contributed by atoms with Crippen LogP contribution in [0.3, 0.4) is 0 Å². The van der Waals surface area contributed by atoms with Crippen molar-refractivity contribution in [1.29, 1.82) is 0 Å². The molecule has 2 heterocycles. The molecule has 4 aromatic rings. The smallest absolute Gasteiger partial charge is 0.322 e. The number of allylic oxidation sites excluding steroid dienone is 1. The molecule has 1 aliphatic rings. The summed E-state index contributed by atoms with van der Waals surface area (Å²) in [5.74, 6) is 0.865. The van der Waals surface area contributed by atoms with Gasteiger partial charge < -0.3 is 9.84 Å². The molecule has 1 atom stereocenters. The summed E-state index contributed by atoms with van der Waals surface area (Å²) in [5, 5.41) is 7.98. The van der Waals surface area contributed by atoms with Gasteiger partial charge >= 0.3 is 6.03 Å². The lowest BCUT2D eigenvalue weighted by Crippen LogP contribution is -2.45. The van der Waals surface area contributed by atoms with Gasteiger partial charge in [-0.05, 0) is 44.0 Å². The number of aryl methyl sites for hydroxylation is 2. The van der Waals surface area contributed by atoms with E-state index in [1.807, 2.05) is 81.4 Å². The van der Waals surface area contributed by atoms with E-state index in [1.165, 1.54) is 5.56 Å². The number of nitrogens with zero attached hydrogens (tertiary/aromatic N) is 3. The van der Waals surface area contributed by atoms with E-state index in [4.69, 9.17) is 21.1 Å². The monoisotopic (exact) mass is 484 g/mol. The maximum atomic E-state index is 13.3. The average molecular weight is 485 g/mol. The molecule has 1 aliphatic heterocycles. The third-order valence-corrected chi connectivity index (χ3v) is 6.48. The van der Waals surface area contributed by atoms with Crippen LogP contribution in [0, 0.1) is 13.8 Å². The third-order valence-electron chi connectivity index (χ3n) is 6.23. The maximum absolute atomic E-state index is 13.3. The van der Waals surface area contributed by atoms with Crippen molar-refractivity contribution >= 4 is 23.2 Å². The first-order chi connectivity index (χ1) is 16.9. The molecule has 0 spiro atoms.